The van der Waals surface area contributed by atoms with E-state index in [2.05, 4.69) is 0 Å². The molecule has 0 aliphatic carbocycles. The van der Waals surface area contributed by atoms with E-state index in [0.717, 1.165) is 6.42 Å². The molecular weight excluding hydrogens is 285 g/mol. The summed E-state index contributed by atoms with van der Waals surface area (Å²) in [5, 5.41) is 11.0. The Morgan fingerprint density at radius 1 is 1.23 bits per heavy atom. The minimum atomic E-state index is -0.684. The number of nitro groups is 1. The highest BCUT2D eigenvalue weighted by Crippen LogP contribution is 2.37. The Hall–Kier alpha value is -1.60. The molecule has 120 valence electrons. The van der Waals surface area contributed by atoms with Crippen LogP contribution in [-0.2, 0) is 9.31 Å². The highest BCUT2D eigenvalue weighted by molar-refractivity contribution is 6.63. The smallest absolute Gasteiger partial charge is 0.494 e. The maximum Gasteiger partial charge on any atom is 0.498 e. The number of ether oxygens (including phenoxy) is 1. The van der Waals surface area contributed by atoms with Crippen LogP contribution >= 0.6 is 0 Å². The van der Waals surface area contributed by atoms with E-state index in [1.54, 1.807) is 6.07 Å². The zero-order valence-electron chi connectivity index (χ0n) is 13.7. The van der Waals surface area contributed by atoms with Gasteiger partial charge in [0.2, 0.25) is 0 Å². The third-order valence-electron chi connectivity index (χ3n) is 4.17. The molecule has 2 rings (SSSR count). The van der Waals surface area contributed by atoms with Gasteiger partial charge < -0.3 is 14.0 Å². The van der Waals surface area contributed by atoms with E-state index in [4.69, 9.17) is 14.0 Å². The van der Waals surface area contributed by atoms with Crippen LogP contribution < -0.4 is 10.2 Å². The molecule has 0 radical (unpaired) electrons. The topological polar surface area (TPSA) is 70.8 Å². The molecule has 7 heteroatoms. The Morgan fingerprint density at radius 2 is 1.82 bits per heavy atom. The molecule has 0 amide bonds. The van der Waals surface area contributed by atoms with Gasteiger partial charge in [0.15, 0.2) is 0 Å². The van der Waals surface area contributed by atoms with Crippen molar-refractivity contribution in [2.45, 2.75) is 52.2 Å². The van der Waals surface area contributed by atoms with Gasteiger partial charge in [-0.2, -0.15) is 0 Å². The number of rotatable bonds is 5. The molecule has 1 aliphatic heterocycles. The van der Waals surface area contributed by atoms with Gasteiger partial charge >= 0.3 is 7.12 Å². The van der Waals surface area contributed by atoms with Crippen molar-refractivity contribution in [3.05, 3.63) is 28.3 Å². The molecule has 1 aromatic rings. The Morgan fingerprint density at radius 3 is 2.32 bits per heavy atom. The summed E-state index contributed by atoms with van der Waals surface area (Å²) >= 11 is 0. The van der Waals surface area contributed by atoms with Crippen LogP contribution in [0.25, 0.3) is 0 Å². The number of hydrogen-bond donors (Lipinski definition) is 0. The quantitative estimate of drug-likeness (QED) is 0.475. The second kappa shape index (κ2) is 5.89. The summed E-state index contributed by atoms with van der Waals surface area (Å²) in [6.45, 7) is 10.3. The fourth-order valence-electron chi connectivity index (χ4n) is 2.15. The van der Waals surface area contributed by atoms with Crippen LogP contribution in [0, 0.1) is 10.1 Å². The molecule has 0 N–H and O–H groups in total. The molecule has 0 unspecified atom stereocenters. The summed E-state index contributed by atoms with van der Waals surface area (Å²) in [4.78, 5) is 10.6. The van der Waals surface area contributed by atoms with Crippen molar-refractivity contribution >= 4 is 18.3 Å². The Labute approximate surface area is 131 Å². The lowest BCUT2D eigenvalue weighted by atomic mass is 9.78. The lowest BCUT2D eigenvalue weighted by molar-refractivity contribution is -0.384. The minimum Gasteiger partial charge on any atom is -0.494 e. The van der Waals surface area contributed by atoms with Crippen molar-refractivity contribution in [1.29, 1.82) is 0 Å². The monoisotopic (exact) mass is 307 g/mol. The first-order valence-corrected chi connectivity index (χ1v) is 7.45. The van der Waals surface area contributed by atoms with E-state index in [0.29, 0.717) is 17.8 Å². The molecular formula is C15H22BNO5. The van der Waals surface area contributed by atoms with Crippen molar-refractivity contribution in [2.75, 3.05) is 6.61 Å². The predicted molar refractivity (Wildman–Crippen MR) is 84.6 cm³/mol. The molecule has 0 saturated carbocycles. The number of nitrogens with zero attached hydrogens (tertiary/aromatic N) is 1. The van der Waals surface area contributed by atoms with Crippen LogP contribution in [0.3, 0.4) is 0 Å². The SMILES string of the molecule is CCCOc1ccc([N+](=O)[O-])cc1B1OC(C)(C)C(C)(C)O1. The molecule has 1 saturated heterocycles. The van der Waals surface area contributed by atoms with Crippen molar-refractivity contribution in [3.63, 3.8) is 0 Å². The lowest BCUT2D eigenvalue weighted by Gasteiger charge is -2.32. The fourth-order valence-corrected chi connectivity index (χ4v) is 2.15. The number of benzene rings is 1. The van der Waals surface area contributed by atoms with Gasteiger partial charge in [0.05, 0.1) is 22.7 Å². The number of hydrogen-bond acceptors (Lipinski definition) is 5. The summed E-state index contributed by atoms with van der Waals surface area (Å²) in [7, 11) is -0.684. The Balaban J connectivity index is 2.39. The maximum absolute atomic E-state index is 11.0. The molecule has 22 heavy (non-hydrogen) atoms. The zero-order valence-corrected chi connectivity index (χ0v) is 13.7. The molecule has 1 heterocycles. The summed E-state index contributed by atoms with van der Waals surface area (Å²) in [5.41, 5.74) is -0.468. The average Bonchev–Trinajstić information content (AvgIpc) is 2.64. The normalized spacial score (nSPS) is 19.2. The van der Waals surface area contributed by atoms with Gasteiger partial charge in [-0.05, 0) is 40.2 Å². The fraction of sp³-hybridized carbons (Fsp3) is 0.600. The second-order valence-corrected chi connectivity index (χ2v) is 6.42. The summed E-state index contributed by atoms with van der Waals surface area (Å²) in [5.74, 6) is 0.561. The van der Waals surface area contributed by atoms with E-state index in [-0.39, 0.29) is 5.69 Å². The van der Waals surface area contributed by atoms with Gasteiger partial charge in [-0.15, -0.1) is 0 Å². The van der Waals surface area contributed by atoms with E-state index in [9.17, 15) is 10.1 Å². The Bertz CT molecular complexity index is 557. The van der Waals surface area contributed by atoms with Crippen LogP contribution in [0.4, 0.5) is 5.69 Å². The number of nitro benzene ring substituents is 1. The summed E-state index contributed by atoms with van der Waals surface area (Å²) in [6, 6.07) is 4.50. The third-order valence-corrected chi connectivity index (χ3v) is 4.17. The van der Waals surface area contributed by atoms with Crippen LogP contribution in [-0.4, -0.2) is 29.9 Å². The largest absolute Gasteiger partial charge is 0.498 e. The lowest BCUT2D eigenvalue weighted by Crippen LogP contribution is -2.41. The molecule has 0 aromatic heterocycles. The molecule has 0 bridgehead atoms. The van der Waals surface area contributed by atoms with Crippen molar-refractivity contribution < 1.29 is 19.0 Å². The third kappa shape index (κ3) is 3.10. The van der Waals surface area contributed by atoms with Crippen LogP contribution in [0.2, 0.25) is 0 Å². The predicted octanol–water partition coefficient (Wildman–Crippen LogP) is 2.68. The molecule has 6 nitrogen and oxygen atoms in total. The highest BCUT2D eigenvalue weighted by atomic mass is 16.7. The molecule has 1 fully saturated rings. The zero-order chi connectivity index (χ0) is 16.5. The highest BCUT2D eigenvalue weighted by Gasteiger charge is 2.52. The summed E-state index contributed by atoms with van der Waals surface area (Å²) in [6.07, 6.45) is 0.847. The Kier molecular flexibility index (Phi) is 4.49. The summed E-state index contributed by atoms with van der Waals surface area (Å²) < 4.78 is 17.6. The van der Waals surface area contributed by atoms with Gasteiger partial charge in [-0.1, -0.05) is 6.92 Å². The maximum atomic E-state index is 11.0. The van der Waals surface area contributed by atoms with Gasteiger partial charge in [-0.3, -0.25) is 10.1 Å². The molecule has 1 aliphatic rings. The van der Waals surface area contributed by atoms with Crippen LogP contribution in [0.1, 0.15) is 41.0 Å². The first-order valence-electron chi connectivity index (χ1n) is 7.45. The first-order chi connectivity index (χ1) is 10.2. The average molecular weight is 307 g/mol. The van der Waals surface area contributed by atoms with E-state index < -0.39 is 23.2 Å². The van der Waals surface area contributed by atoms with E-state index in [1.165, 1.54) is 12.1 Å². The van der Waals surface area contributed by atoms with Gasteiger partial charge in [0.1, 0.15) is 5.75 Å². The molecule has 0 atom stereocenters. The van der Waals surface area contributed by atoms with Crippen molar-refractivity contribution in [2.24, 2.45) is 0 Å². The van der Waals surface area contributed by atoms with Gasteiger partial charge in [0, 0.05) is 17.6 Å². The first kappa shape index (κ1) is 16.8. The molecule has 0 spiro atoms. The van der Waals surface area contributed by atoms with E-state index in [1.807, 2.05) is 34.6 Å². The van der Waals surface area contributed by atoms with Crippen molar-refractivity contribution in [3.8, 4) is 5.75 Å². The van der Waals surface area contributed by atoms with E-state index >= 15 is 0 Å². The van der Waals surface area contributed by atoms with Gasteiger partial charge in [-0.25, -0.2) is 0 Å². The van der Waals surface area contributed by atoms with Gasteiger partial charge in [0.25, 0.3) is 5.69 Å². The standard InChI is InChI=1S/C15H22BNO5/c1-6-9-20-13-8-7-11(17(18)19)10-12(13)16-21-14(2,3)15(4,5)22-16/h7-8,10H,6,9H2,1-5H3. The minimum absolute atomic E-state index is 0.00596. The van der Waals surface area contributed by atoms with Crippen molar-refractivity contribution in [1.82, 2.24) is 0 Å². The number of non-ortho nitro benzene ring substituents is 1. The van der Waals surface area contributed by atoms with Crippen LogP contribution in [0.5, 0.6) is 5.75 Å². The van der Waals surface area contributed by atoms with Crippen LogP contribution in [0.15, 0.2) is 18.2 Å². The molecule has 1 aromatic carbocycles. The second-order valence-electron chi connectivity index (χ2n) is 6.42.